The molecular weight excluding hydrogens is 355 g/mol. The summed E-state index contributed by atoms with van der Waals surface area (Å²) >= 11 is 9.56. The average Bonchev–Trinajstić information content (AvgIpc) is 2.97. The van der Waals surface area contributed by atoms with Crippen molar-refractivity contribution in [2.75, 3.05) is 0 Å². The van der Waals surface area contributed by atoms with Gasteiger partial charge in [0, 0.05) is 12.6 Å². The topological polar surface area (TPSA) is 17.8 Å². The molecule has 1 heterocycles. The van der Waals surface area contributed by atoms with Crippen molar-refractivity contribution in [1.29, 1.82) is 0 Å². The molecule has 5 heteroatoms. The summed E-state index contributed by atoms with van der Waals surface area (Å²) in [6.07, 6.45) is 3.84. The minimum absolute atomic E-state index is 0.184. The third-order valence-electron chi connectivity index (χ3n) is 4.63. The van der Waals surface area contributed by atoms with E-state index in [0.717, 1.165) is 23.8 Å². The van der Waals surface area contributed by atoms with Crippen LogP contribution >= 0.6 is 27.5 Å². The van der Waals surface area contributed by atoms with Crippen molar-refractivity contribution in [2.24, 2.45) is 11.8 Å². The van der Waals surface area contributed by atoms with Crippen LogP contribution in [0.2, 0.25) is 0 Å². The Balaban J connectivity index is 2.09. The fourth-order valence-corrected chi connectivity index (χ4v) is 3.86. The van der Waals surface area contributed by atoms with E-state index in [2.05, 4.69) is 32.4 Å². The SMILES string of the molecule is CC(Cl)c1nc2cc(F)c(Br)cc2n1CC1CCCC1C. The molecule has 1 aromatic carbocycles. The quantitative estimate of drug-likeness (QED) is 0.633. The van der Waals surface area contributed by atoms with E-state index >= 15 is 0 Å². The molecule has 0 amide bonds. The van der Waals surface area contributed by atoms with Crippen LogP contribution in [0.3, 0.4) is 0 Å². The number of alkyl halides is 1. The van der Waals surface area contributed by atoms with Gasteiger partial charge in [-0.25, -0.2) is 9.37 Å². The summed E-state index contributed by atoms with van der Waals surface area (Å²) in [5.74, 6) is 1.93. The van der Waals surface area contributed by atoms with Gasteiger partial charge in [0.05, 0.1) is 20.9 Å². The maximum Gasteiger partial charge on any atom is 0.139 e. The lowest BCUT2D eigenvalue weighted by Gasteiger charge is -2.19. The van der Waals surface area contributed by atoms with Crippen LogP contribution in [-0.4, -0.2) is 9.55 Å². The molecule has 0 saturated heterocycles. The van der Waals surface area contributed by atoms with Crippen molar-refractivity contribution in [2.45, 2.75) is 45.0 Å². The van der Waals surface area contributed by atoms with Crippen LogP contribution in [0.15, 0.2) is 16.6 Å². The molecule has 114 valence electrons. The Labute approximate surface area is 137 Å². The van der Waals surface area contributed by atoms with E-state index in [1.807, 2.05) is 13.0 Å². The molecular formula is C16H19BrClFN2. The van der Waals surface area contributed by atoms with Gasteiger partial charge in [-0.15, -0.1) is 11.6 Å². The minimum Gasteiger partial charge on any atom is -0.326 e. The van der Waals surface area contributed by atoms with Gasteiger partial charge >= 0.3 is 0 Å². The zero-order valence-corrected chi connectivity index (χ0v) is 14.6. The molecule has 21 heavy (non-hydrogen) atoms. The highest BCUT2D eigenvalue weighted by Crippen LogP contribution is 2.35. The van der Waals surface area contributed by atoms with E-state index in [1.165, 1.54) is 25.3 Å². The zero-order chi connectivity index (χ0) is 15.1. The predicted molar refractivity (Wildman–Crippen MR) is 88.2 cm³/mol. The first kappa shape index (κ1) is 15.3. The summed E-state index contributed by atoms with van der Waals surface area (Å²) < 4.78 is 16.4. The van der Waals surface area contributed by atoms with Crippen molar-refractivity contribution in [1.82, 2.24) is 9.55 Å². The third-order valence-corrected chi connectivity index (χ3v) is 5.43. The normalized spacial score (nSPS) is 23.9. The van der Waals surface area contributed by atoms with E-state index in [1.54, 1.807) is 0 Å². The molecule has 3 unspecified atom stereocenters. The molecule has 0 spiro atoms. The second kappa shape index (κ2) is 5.88. The van der Waals surface area contributed by atoms with Crippen LogP contribution < -0.4 is 0 Å². The van der Waals surface area contributed by atoms with Crippen molar-refractivity contribution in [3.8, 4) is 0 Å². The molecule has 0 aliphatic heterocycles. The summed E-state index contributed by atoms with van der Waals surface area (Å²) in [6.45, 7) is 5.15. The number of fused-ring (bicyclic) bond motifs is 1. The predicted octanol–water partition coefficient (Wildman–Crippen LogP) is 5.67. The number of imidazole rings is 1. The monoisotopic (exact) mass is 372 g/mol. The molecule has 2 aromatic rings. The minimum atomic E-state index is -0.282. The second-order valence-electron chi connectivity index (χ2n) is 6.12. The first-order chi connectivity index (χ1) is 9.97. The van der Waals surface area contributed by atoms with Gasteiger partial charge in [0.1, 0.15) is 11.6 Å². The summed E-state index contributed by atoms with van der Waals surface area (Å²) in [5, 5.41) is -0.184. The van der Waals surface area contributed by atoms with Crippen LogP contribution in [0, 0.1) is 17.7 Å². The van der Waals surface area contributed by atoms with Crippen LogP contribution in [0.1, 0.15) is 44.3 Å². The van der Waals surface area contributed by atoms with Gasteiger partial charge in [-0.2, -0.15) is 0 Å². The summed E-state index contributed by atoms with van der Waals surface area (Å²) in [5.41, 5.74) is 1.65. The fourth-order valence-electron chi connectivity index (χ4n) is 3.36. The number of benzene rings is 1. The highest BCUT2D eigenvalue weighted by atomic mass is 79.9. The maximum absolute atomic E-state index is 13.7. The number of rotatable bonds is 3. The van der Waals surface area contributed by atoms with Crippen LogP contribution in [0.4, 0.5) is 4.39 Å². The lowest BCUT2D eigenvalue weighted by atomic mass is 9.98. The van der Waals surface area contributed by atoms with Crippen molar-refractivity contribution < 1.29 is 4.39 Å². The smallest absolute Gasteiger partial charge is 0.139 e. The van der Waals surface area contributed by atoms with E-state index < -0.39 is 0 Å². The molecule has 1 fully saturated rings. The molecule has 3 rings (SSSR count). The lowest BCUT2D eigenvalue weighted by Crippen LogP contribution is -2.15. The van der Waals surface area contributed by atoms with Gasteiger partial charge in [0.2, 0.25) is 0 Å². The van der Waals surface area contributed by atoms with Gasteiger partial charge in [-0.05, 0) is 47.2 Å². The Morgan fingerprint density at radius 1 is 1.48 bits per heavy atom. The fraction of sp³-hybridized carbons (Fsp3) is 0.562. The van der Waals surface area contributed by atoms with E-state index in [9.17, 15) is 4.39 Å². The summed E-state index contributed by atoms with van der Waals surface area (Å²) in [6, 6.07) is 3.30. The van der Waals surface area contributed by atoms with Gasteiger partial charge in [-0.3, -0.25) is 0 Å². The molecule has 1 aliphatic rings. The van der Waals surface area contributed by atoms with E-state index in [4.69, 9.17) is 11.6 Å². The number of hydrogen-bond donors (Lipinski definition) is 0. The Bertz CT molecular complexity index is 668. The van der Waals surface area contributed by atoms with Crippen molar-refractivity contribution in [3.63, 3.8) is 0 Å². The molecule has 3 atom stereocenters. The summed E-state index contributed by atoms with van der Waals surface area (Å²) in [7, 11) is 0. The molecule has 1 aromatic heterocycles. The highest BCUT2D eigenvalue weighted by Gasteiger charge is 2.26. The van der Waals surface area contributed by atoms with Gasteiger partial charge in [0.25, 0.3) is 0 Å². The maximum atomic E-state index is 13.7. The molecule has 2 nitrogen and oxygen atoms in total. The molecule has 0 radical (unpaired) electrons. The Hall–Kier alpha value is -0.610. The largest absolute Gasteiger partial charge is 0.326 e. The van der Waals surface area contributed by atoms with E-state index in [0.29, 0.717) is 15.9 Å². The third kappa shape index (κ3) is 2.85. The van der Waals surface area contributed by atoms with Crippen LogP contribution in [0.25, 0.3) is 11.0 Å². The molecule has 0 bridgehead atoms. The van der Waals surface area contributed by atoms with Gasteiger partial charge < -0.3 is 4.57 Å². The highest BCUT2D eigenvalue weighted by molar-refractivity contribution is 9.10. The first-order valence-electron chi connectivity index (χ1n) is 7.46. The average molecular weight is 374 g/mol. The number of nitrogens with zero attached hydrogens (tertiary/aromatic N) is 2. The number of hydrogen-bond acceptors (Lipinski definition) is 1. The van der Waals surface area contributed by atoms with Gasteiger partial charge in [-0.1, -0.05) is 19.8 Å². The Morgan fingerprint density at radius 2 is 2.24 bits per heavy atom. The lowest BCUT2D eigenvalue weighted by molar-refractivity contribution is 0.363. The Kier molecular flexibility index (Phi) is 4.28. The molecule has 0 N–H and O–H groups in total. The Morgan fingerprint density at radius 3 is 2.86 bits per heavy atom. The second-order valence-corrected chi connectivity index (χ2v) is 7.63. The van der Waals surface area contributed by atoms with E-state index in [-0.39, 0.29) is 11.2 Å². The molecule has 1 aliphatic carbocycles. The standard InChI is InChI=1S/C16H19BrClFN2/c1-9-4-3-5-11(9)8-21-15-6-12(17)13(19)7-14(15)20-16(21)10(2)18/h6-7,9-11H,3-5,8H2,1-2H3. The zero-order valence-electron chi connectivity index (χ0n) is 12.2. The van der Waals surface area contributed by atoms with Crippen molar-refractivity contribution in [3.05, 3.63) is 28.2 Å². The number of halogens is 3. The van der Waals surface area contributed by atoms with Crippen LogP contribution in [0.5, 0.6) is 0 Å². The van der Waals surface area contributed by atoms with Gasteiger partial charge in [0.15, 0.2) is 0 Å². The summed E-state index contributed by atoms with van der Waals surface area (Å²) in [4.78, 5) is 4.55. The van der Waals surface area contributed by atoms with Crippen LogP contribution in [-0.2, 0) is 6.54 Å². The molecule has 1 saturated carbocycles. The first-order valence-corrected chi connectivity index (χ1v) is 8.69. The number of aromatic nitrogens is 2. The van der Waals surface area contributed by atoms with Crippen molar-refractivity contribution >= 4 is 38.6 Å².